The molecule has 2 heterocycles. The molecule has 0 atom stereocenters. The second kappa shape index (κ2) is 5.80. The van der Waals surface area contributed by atoms with Crippen LogP contribution in [0.5, 0.6) is 0 Å². The molecule has 0 aliphatic rings. The smallest absolute Gasteiger partial charge is 0.269 e. The molecule has 0 aliphatic heterocycles. The van der Waals surface area contributed by atoms with Crippen LogP contribution in [0, 0.1) is 20.8 Å². The molecule has 0 saturated heterocycles. The van der Waals surface area contributed by atoms with Gasteiger partial charge in [0.1, 0.15) is 5.69 Å². The molecule has 1 amide bonds. The Morgan fingerprint density at radius 1 is 1.04 bits per heavy atom. The molecule has 0 radical (unpaired) electrons. The van der Waals surface area contributed by atoms with E-state index in [1.807, 2.05) is 25.1 Å². The van der Waals surface area contributed by atoms with E-state index in [0.717, 1.165) is 27.6 Å². The fraction of sp³-hybridized carbons (Fsp3) is 0.211. The van der Waals surface area contributed by atoms with Gasteiger partial charge in [-0.3, -0.25) is 9.78 Å². The van der Waals surface area contributed by atoms with Crippen LogP contribution < -0.4 is 5.32 Å². The van der Waals surface area contributed by atoms with Crippen molar-refractivity contribution in [2.45, 2.75) is 20.8 Å². The van der Waals surface area contributed by atoms with E-state index in [9.17, 15) is 4.79 Å². The van der Waals surface area contributed by atoms with Crippen molar-refractivity contribution < 1.29 is 4.79 Å². The van der Waals surface area contributed by atoms with Gasteiger partial charge in [-0.2, -0.15) is 0 Å². The molecule has 3 rings (SSSR count). The van der Waals surface area contributed by atoms with Crippen molar-refractivity contribution in [3.05, 3.63) is 59.0 Å². The zero-order chi connectivity index (χ0) is 16.6. The maximum atomic E-state index is 11.9. The van der Waals surface area contributed by atoms with Crippen LogP contribution in [-0.2, 0) is 0 Å². The lowest BCUT2D eigenvalue weighted by Crippen LogP contribution is -2.19. The highest BCUT2D eigenvalue weighted by Crippen LogP contribution is 2.34. The van der Waals surface area contributed by atoms with E-state index in [-0.39, 0.29) is 5.91 Å². The zero-order valence-electron chi connectivity index (χ0n) is 13.8. The lowest BCUT2D eigenvalue weighted by atomic mass is 9.91. The van der Waals surface area contributed by atoms with Gasteiger partial charge < -0.3 is 5.32 Å². The Morgan fingerprint density at radius 3 is 2.39 bits per heavy atom. The van der Waals surface area contributed by atoms with Crippen LogP contribution in [0.1, 0.15) is 27.2 Å². The Bertz CT molecular complexity index is 902. The molecule has 0 bridgehead atoms. The lowest BCUT2D eigenvalue weighted by molar-refractivity contribution is 0.0958. The molecule has 0 unspecified atom stereocenters. The molecule has 0 spiro atoms. The molecule has 1 aromatic carbocycles. The van der Waals surface area contributed by atoms with Crippen molar-refractivity contribution >= 4 is 16.8 Å². The van der Waals surface area contributed by atoms with Crippen molar-refractivity contribution in [3.63, 3.8) is 0 Å². The summed E-state index contributed by atoms with van der Waals surface area (Å²) in [5.74, 6) is -0.163. The molecule has 0 aliphatic carbocycles. The van der Waals surface area contributed by atoms with Crippen molar-refractivity contribution in [3.8, 4) is 11.1 Å². The number of aryl methyl sites for hydroxylation is 3. The highest BCUT2D eigenvalue weighted by Gasteiger charge is 2.15. The molecule has 2 aromatic heterocycles. The Morgan fingerprint density at radius 2 is 1.74 bits per heavy atom. The van der Waals surface area contributed by atoms with Gasteiger partial charge in [0.05, 0.1) is 5.52 Å². The SMILES string of the molecule is CNC(=O)c1cc(C)c2c(C)c(-c3ccncc3)c(C)cc2n1. The third-order valence-electron chi connectivity index (χ3n) is 4.17. The number of nitrogens with one attached hydrogen (secondary N) is 1. The number of carbonyl (C=O) groups excluding carboxylic acids is 1. The van der Waals surface area contributed by atoms with Crippen LogP contribution in [0.2, 0.25) is 0 Å². The van der Waals surface area contributed by atoms with E-state index in [2.05, 4.69) is 35.2 Å². The highest BCUT2D eigenvalue weighted by atomic mass is 16.1. The average molecular weight is 305 g/mol. The fourth-order valence-electron chi connectivity index (χ4n) is 3.19. The lowest BCUT2D eigenvalue weighted by Gasteiger charge is -2.15. The summed E-state index contributed by atoms with van der Waals surface area (Å²) in [6.07, 6.45) is 3.61. The quantitative estimate of drug-likeness (QED) is 0.787. The number of hydrogen-bond donors (Lipinski definition) is 1. The molecule has 23 heavy (non-hydrogen) atoms. The number of hydrogen-bond acceptors (Lipinski definition) is 3. The number of aromatic nitrogens is 2. The summed E-state index contributed by atoms with van der Waals surface area (Å²) >= 11 is 0. The monoisotopic (exact) mass is 305 g/mol. The summed E-state index contributed by atoms with van der Waals surface area (Å²) in [5.41, 5.74) is 7.04. The minimum absolute atomic E-state index is 0.163. The summed E-state index contributed by atoms with van der Waals surface area (Å²) in [5, 5.41) is 3.74. The van der Waals surface area contributed by atoms with Crippen LogP contribution in [0.25, 0.3) is 22.0 Å². The molecule has 0 fully saturated rings. The number of carbonyl (C=O) groups is 1. The van der Waals surface area contributed by atoms with Gasteiger partial charge in [0.25, 0.3) is 5.91 Å². The molecule has 0 saturated carbocycles. The Balaban J connectivity index is 2.32. The molecular formula is C19H19N3O. The van der Waals surface area contributed by atoms with Gasteiger partial charge in [0.2, 0.25) is 0 Å². The summed E-state index contributed by atoms with van der Waals surface area (Å²) in [6.45, 7) is 6.21. The topological polar surface area (TPSA) is 54.9 Å². The van der Waals surface area contributed by atoms with Gasteiger partial charge in [-0.25, -0.2) is 4.98 Å². The minimum atomic E-state index is -0.163. The third-order valence-corrected chi connectivity index (χ3v) is 4.17. The van der Waals surface area contributed by atoms with Gasteiger partial charge in [0, 0.05) is 24.8 Å². The van der Waals surface area contributed by atoms with E-state index in [1.54, 1.807) is 19.4 Å². The number of pyridine rings is 2. The van der Waals surface area contributed by atoms with Gasteiger partial charge in [0.15, 0.2) is 0 Å². The van der Waals surface area contributed by atoms with Crippen LogP contribution in [0.3, 0.4) is 0 Å². The summed E-state index contributed by atoms with van der Waals surface area (Å²) in [4.78, 5) is 20.5. The molecular weight excluding hydrogens is 286 g/mol. The van der Waals surface area contributed by atoms with Gasteiger partial charge in [-0.15, -0.1) is 0 Å². The number of fused-ring (bicyclic) bond motifs is 1. The van der Waals surface area contributed by atoms with Crippen LogP contribution in [0.15, 0.2) is 36.7 Å². The Kier molecular flexibility index (Phi) is 3.82. The minimum Gasteiger partial charge on any atom is -0.354 e. The van der Waals surface area contributed by atoms with Gasteiger partial charge in [-0.1, -0.05) is 0 Å². The fourth-order valence-corrected chi connectivity index (χ4v) is 3.19. The first-order valence-corrected chi connectivity index (χ1v) is 7.57. The first-order chi connectivity index (χ1) is 11.0. The summed E-state index contributed by atoms with van der Waals surface area (Å²) in [7, 11) is 1.62. The number of nitrogens with zero attached hydrogens (tertiary/aromatic N) is 2. The second-order valence-electron chi connectivity index (χ2n) is 5.73. The van der Waals surface area contributed by atoms with Crippen molar-refractivity contribution in [1.29, 1.82) is 0 Å². The molecule has 4 heteroatoms. The molecule has 3 aromatic rings. The number of rotatable bonds is 2. The van der Waals surface area contributed by atoms with Crippen LogP contribution in [-0.4, -0.2) is 22.9 Å². The molecule has 4 nitrogen and oxygen atoms in total. The van der Waals surface area contributed by atoms with E-state index < -0.39 is 0 Å². The third kappa shape index (κ3) is 2.57. The summed E-state index contributed by atoms with van der Waals surface area (Å²) < 4.78 is 0. The van der Waals surface area contributed by atoms with Crippen molar-refractivity contribution in [2.24, 2.45) is 0 Å². The number of amides is 1. The van der Waals surface area contributed by atoms with Crippen molar-refractivity contribution in [2.75, 3.05) is 7.05 Å². The van der Waals surface area contributed by atoms with Crippen molar-refractivity contribution in [1.82, 2.24) is 15.3 Å². The summed E-state index contributed by atoms with van der Waals surface area (Å²) in [6, 6.07) is 7.93. The predicted molar refractivity (Wildman–Crippen MR) is 92.6 cm³/mol. The zero-order valence-corrected chi connectivity index (χ0v) is 13.8. The first-order valence-electron chi connectivity index (χ1n) is 7.57. The van der Waals surface area contributed by atoms with E-state index in [0.29, 0.717) is 5.69 Å². The first kappa shape index (κ1) is 15.2. The van der Waals surface area contributed by atoms with Crippen LogP contribution in [0.4, 0.5) is 0 Å². The van der Waals surface area contributed by atoms with E-state index in [1.165, 1.54) is 11.1 Å². The standard InChI is InChI=1S/C19H19N3O/c1-11-9-15-18(12(2)10-16(22-15)19(23)20-4)13(3)17(11)14-5-7-21-8-6-14/h5-10H,1-4H3,(H,20,23). The Labute approximate surface area is 135 Å². The molecule has 116 valence electrons. The predicted octanol–water partition coefficient (Wildman–Crippen LogP) is 3.58. The van der Waals surface area contributed by atoms with E-state index >= 15 is 0 Å². The van der Waals surface area contributed by atoms with E-state index in [4.69, 9.17) is 0 Å². The maximum absolute atomic E-state index is 11.9. The Hall–Kier alpha value is -2.75. The average Bonchev–Trinajstić information content (AvgIpc) is 2.54. The number of benzene rings is 1. The largest absolute Gasteiger partial charge is 0.354 e. The molecule has 1 N–H and O–H groups in total. The second-order valence-corrected chi connectivity index (χ2v) is 5.73. The van der Waals surface area contributed by atoms with Gasteiger partial charge in [-0.05, 0) is 72.9 Å². The normalized spacial score (nSPS) is 10.8. The highest BCUT2D eigenvalue weighted by molar-refractivity contribution is 5.98. The van der Waals surface area contributed by atoms with Crippen LogP contribution >= 0.6 is 0 Å². The van der Waals surface area contributed by atoms with Gasteiger partial charge >= 0.3 is 0 Å². The maximum Gasteiger partial charge on any atom is 0.269 e.